The van der Waals surface area contributed by atoms with Gasteiger partial charge in [0.2, 0.25) is 0 Å². The van der Waals surface area contributed by atoms with Gasteiger partial charge in [0, 0.05) is 24.9 Å². The number of thiazole rings is 1. The molecular weight excluding hydrogens is 293 g/mol. The van der Waals surface area contributed by atoms with Gasteiger partial charge in [0.1, 0.15) is 0 Å². The first-order valence-corrected chi connectivity index (χ1v) is 7.22. The van der Waals surface area contributed by atoms with E-state index < -0.39 is 18.1 Å². The third kappa shape index (κ3) is 3.84. The highest BCUT2D eigenvalue weighted by Crippen LogP contribution is 2.35. The Bertz CT molecular complexity index is 476. The lowest BCUT2D eigenvalue weighted by Crippen LogP contribution is -2.41. The summed E-state index contributed by atoms with van der Waals surface area (Å²) in [4.78, 5) is 16.4. The van der Waals surface area contributed by atoms with Crippen molar-refractivity contribution < 1.29 is 23.1 Å². The molecule has 0 radical (unpaired) electrons. The van der Waals surface area contributed by atoms with E-state index in [4.69, 9.17) is 5.11 Å². The number of rotatable bonds is 4. The summed E-state index contributed by atoms with van der Waals surface area (Å²) in [6.45, 7) is 0.508. The molecule has 0 saturated carbocycles. The Labute approximate surface area is 118 Å². The van der Waals surface area contributed by atoms with E-state index >= 15 is 0 Å². The first-order chi connectivity index (χ1) is 9.36. The molecule has 0 spiro atoms. The Balaban J connectivity index is 1.99. The normalized spacial score (nSPS) is 20.1. The summed E-state index contributed by atoms with van der Waals surface area (Å²) in [6, 6.07) is 0. The maximum absolute atomic E-state index is 12.7. The lowest BCUT2D eigenvalue weighted by atomic mass is 9.98. The number of carboxylic acids is 1. The van der Waals surface area contributed by atoms with E-state index in [1.54, 1.807) is 10.3 Å². The van der Waals surface area contributed by atoms with Gasteiger partial charge in [-0.1, -0.05) is 0 Å². The Morgan fingerprint density at radius 2 is 2.30 bits per heavy atom. The number of nitrogens with zero attached hydrogens (tertiary/aromatic N) is 2. The molecule has 1 aliphatic rings. The van der Waals surface area contributed by atoms with Gasteiger partial charge in [-0.15, -0.1) is 11.3 Å². The summed E-state index contributed by atoms with van der Waals surface area (Å²) < 4.78 is 38.2. The molecule has 1 aromatic rings. The second-order valence-electron chi connectivity index (χ2n) is 4.84. The molecule has 1 fully saturated rings. The van der Waals surface area contributed by atoms with E-state index in [0.717, 1.165) is 0 Å². The summed E-state index contributed by atoms with van der Waals surface area (Å²) in [6.07, 6.45) is -3.22. The number of alkyl halides is 3. The van der Waals surface area contributed by atoms with Crippen molar-refractivity contribution in [1.29, 1.82) is 0 Å². The second kappa shape index (κ2) is 5.99. The molecule has 0 aliphatic carbocycles. The molecule has 1 unspecified atom stereocenters. The average Bonchev–Trinajstić information content (AvgIpc) is 2.84. The summed E-state index contributed by atoms with van der Waals surface area (Å²) in [7, 11) is 0. The number of carbonyl (C=O) groups is 1. The number of piperidine rings is 1. The van der Waals surface area contributed by atoms with Gasteiger partial charge in [-0.05, 0) is 12.8 Å². The highest BCUT2D eigenvalue weighted by atomic mass is 32.1. The number of hydrogen-bond acceptors (Lipinski definition) is 4. The van der Waals surface area contributed by atoms with Gasteiger partial charge in [0.25, 0.3) is 0 Å². The average molecular weight is 308 g/mol. The first kappa shape index (κ1) is 15.1. The van der Waals surface area contributed by atoms with Crippen LogP contribution in [0.15, 0.2) is 5.38 Å². The van der Waals surface area contributed by atoms with Crippen LogP contribution < -0.4 is 4.90 Å². The molecule has 20 heavy (non-hydrogen) atoms. The lowest BCUT2D eigenvalue weighted by molar-refractivity contribution is -0.176. The van der Waals surface area contributed by atoms with Crippen molar-refractivity contribution in [3.63, 3.8) is 0 Å². The van der Waals surface area contributed by atoms with Gasteiger partial charge in [0.15, 0.2) is 5.13 Å². The first-order valence-electron chi connectivity index (χ1n) is 6.34. The molecule has 2 rings (SSSR count). The number of halogens is 3. The van der Waals surface area contributed by atoms with Crippen molar-refractivity contribution in [3.05, 3.63) is 11.1 Å². The van der Waals surface area contributed by atoms with Crippen LogP contribution >= 0.6 is 11.3 Å². The molecular formula is C12H15F3N2O2S. The van der Waals surface area contributed by atoms with Crippen LogP contribution in [-0.2, 0) is 11.2 Å². The Kier molecular flexibility index (Phi) is 4.52. The van der Waals surface area contributed by atoms with Crippen molar-refractivity contribution in [2.45, 2.75) is 31.9 Å². The number of anilines is 1. The molecule has 1 aromatic heterocycles. The lowest BCUT2D eigenvalue weighted by Gasteiger charge is -2.33. The van der Waals surface area contributed by atoms with E-state index in [1.807, 2.05) is 0 Å². The van der Waals surface area contributed by atoms with Gasteiger partial charge in [-0.3, -0.25) is 4.79 Å². The van der Waals surface area contributed by atoms with Crippen LogP contribution in [0.1, 0.15) is 25.0 Å². The number of aliphatic carboxylic acids is 1. The van der Waals surface area contributed by atoms with Crippen molar-refractivity contribution in [3.8, 4) is 0 Å². The largest absolute Gasteiger partial charge is 0.481 e. The zero-order valence-corrected chi connectivity index (χ0v) is 11.5. The van der Waals surface area contributed by atoms with Crippen LogP contribution in [0.3, 0.4) is 0 Å². The molecule has 1 saturated heterocycles. The molecule has 2 heterocycles. The standard InChI is InChI=1S/C12H15F3N2O2S/c13-12(14,15)8-2-1-5-17(6-8)11-16-9(7-20-11)3-4-10(18)19/h7-8H,1-6H2,(H,18,19). The molecule has 112 valence electrons. The maximum atomic E-state index is 12.7. The van der Waals surface area contributed by atoms with Crippen molar-refractivity contribution in [2.24, 2.45) is 5.92 Å². The predicted molar refractivity (Wildman–Crippen MR) is 69.1 cm³/mol. The van der Waals surface area contributed by atoms with Gasteiger partial charge in [-0.25, -0.2) is 4.98 Å². The third-order valence-corrected chi connectivity index (χ3v) is 4.24. The van der Waals surface area contributed by atoms with E-state index in [1.165, 1.54) is 11.3 Å². The van der Waals surface area contributed by atoms with Gasteiger partial charge in [0.05, 0.1) is 18.0 Å². The number of aromatic nitrogens is 1. The molecule has 0 bridgehead atoms. The Morgan fingerprint density at radius 3 is 2.95 bits per heavy atom. The van der Waals surface area contributed by atoms with Crippen LogP contribution in [0.2, 0.25) is 0 Å². The van der Waals surface area contributed by atoms with Crippen molar-refractivity contribution >= 4 is 22.4 Å². The number of carboxylic acid groups (broad SMARTS) is 1. The monoisotopic (exact) mass is 308 g/mol. The fourth-order valence-electron chi connectivity index (χ4n) is 2.21. The SMILES string of the molecule is O=C(O)CCc1csc(N2CCCC(C(F)(F)F)C2)n1. The zero-order chi connectivity index (χ0) is 14.8. The Morgan fingerprint density at radius 1 is 1.55 bits per heavy atom. The minimum absolute atomic E-state index is 0.0195. The molecule has 1 aliphatic heterocycles. The second-order valence-corrected chi connectivity index (χ2v) is 5.68. The topological polar surface area (TPSA) is 53.4 Å². The Hall–Kier alpha value is -1.31. The summed E-state index contributed by atoms with van der Waals surface area (Å²) in [5.41, 5.74) is 0.626. The van der Waals surface area contributed by atoms with E-state index in [2.05, 4.69) is 4.98 Å². The summed E-state index contributed by atoms with van der Waals surface area (Å²) in [5.74, 6) is -2.21. The van der Waals surface area contributed by atoms with E-state index in [0.29, 0.717) is 30.2 Å². The number of aryl methyl sites for hydroxylation is 1. The molecule has 0 aromatic carbocycles. The molecule has 1 atom stereocenters. The summed E-state index contributed by atoms with van der Waals surface area (Å²) >= 11 is 1.27. The maximum Gasteiger partial charge on any atom is 0.393 e. The molecule has 0 amide bonds. The van der Waals surface area contributed by atoms with Crippen LogP contribution in [0.5, 0.6) is 0 Å². The highest BCUT2D eigenvalue weighted by molar-refractivity contribution is 7.13. The number of hydrogen-bond donors (Lipinski definition) is 1. The van der Waals surface area contributed by atoms with E-state index in [-0.39, 0.29) is 19.4 Å². The van der Waals surface area contributed by atoms with Crippen LogP contribution in [0.25, 0.3) is 0 Å². The highest BCUT2D eigenvalue weighted by Gasteiger charge is 2.42. The summed E-state index contributed by atoms with van der Waals surface area (Å²) in [5, 5.41) is 10.9. The third-order valence-electron chi connectivity index (χ3n) is 3.29. The van der Waals surface area contributed by atoms with Crippen molar-refractivity contribution in [2.75, 3.05) is 18.0 Å². The zero-order valence-electron chi connectivity index (χ0n) is 10.7. The molecule has 8 heteroatoms. The predicted octanol–water partition coefficient (Wildman–Crippen LogP) is 2.94. The molecule has 4 nitrogen and oxygen atoms in total. The van der Waals surface area contributed by atoms with Gasteiger partial charge >= 0.3 is 12.1 Å². The quantitative estimate of drug-likeness (QED) is 0.929. The minimum Gasteiger partial charge on any atom is -0.481 e. The van der Waals surface area contributed by atoms with Crippen LogP contribution in [-0.4, -0.2) is 35.3 Å². The smallest absolute Gasteiger partial charge is 0.393 e. The van der Waals surface area contributed by atoms with Crippen LogP contribution in [0.4, 0.5) is 18.3 Å². The van der Waals surface area contributed by atoms with E-state index in [9.17, 15) is 18.0 Å². The minimum atomic E-state index is -4.16. The van der Waals surface area contributed by atoms with Crippen molar-refractivity contribution in [1.82, 2.24) is 4.98 Å². The molecule has 1 N–H and O–H groups in total. The van der Waals surface area contributed by atoms with Crippen LogP contribution in [0, 0.1) is 5.92 Å². The fourth-order valence-corrected chi connectivity index (χ4v) is 3.11. The van der Waals surface area contributed by atoms with Gasteiger partial charge in [-0.2, -0.15) is 13.2 Å². The van der Waals surface area contributed by atoms with Gasteiger partial charge < -0.3 is 10.0 Å². The fraction of sp³-hybridized carbons (Fsp3) is 0.667.